The van der Waals surface area contributed by atoms with Crippen molar-refractivity contribution in [2.24, 2.45) is 0 Å². The lowest BCUT2D eigenvalue weighted by atomic mass is 10.0. The van der Waals surface area contributed by atoms with Crippen molar-refractivity contribution in [2.75, 3.05) is 17.8 Å². The summed E-state index contributed by atoms with van der Waals surface area (Å²) in [6.07, 6.45) is 7.16. The standard InChI is InChI=1S/C21H20Cl2N4O3S/c22-19-5-4-18(13-20(19)23)31(29,30)25-16-3-1-2-15(12-16)21(28)26-9-6-17(7-10-26)27-11-8-24-14-27/h1-5,8,11-14,17,25H,6-7,9-10H2. The first-order valence-electron chi connectivity index (χ1n) is 9.68. The molecule has 1 aromatic heterocycles. The molecular weight excluding hydrogens is 459 g/mol. The Bertz CT molecular complexity index is 1190. The summed E-state index contributed by atoms with van der Waals surface area (Å²) in [6, 6.07) is 10.9. The number of anilines is 1. The molecule has 31 heavy (non-hydrogen) atoms. The van der Waals surface area contributed by atoms with Gasteiger partial charge in [0.1, 0.15) is 0 Å². The van der Waals surface area contributed by atoms with E-state index in [4.69, 9.17) is 23.2 Å². The van der Waals surface area contributed by atoms with Gasteiger partial charge in [0.2, 0.25) is 0 Å². The van der Waals surface area contributed by atoms with Crippen LogP contribution in [0.2, 0.25) is 10.0 Å². The lowest BCUT2D eigenvalue weighted by Crippen LogP contribution is -2.38. The van der Waals surface area contributed by atoms with Crippen molar-refractivity contribution in [3.8, 4) is 0 Å². The molecule has 7 nitrogen and oxygen atoms in total. The normalized spacial score (nSPS) is 15.1. The highest BCUT2D eigenvalue weighted by molar-refractivity contribution is 7.92. The van der Waals surface area contributed by atoms with E-state index in [-0.39, 0.29) is 20.8 Å². The van der Waals surface area contributed by atoms with Gasteiger partial charge < -0.3 is 9.47 Å². The molecular formula is C21H20Cl2N4O3S. The predicted octanol–water partition coefficient (Wildman–Crippen LogP) is 4.47. The second-order valence-electron chi connectivity index (χ2n) is 7.30. The summed E-state index contributed by atoms with van der Waals surface area (Å²) in [6.45, 7) is 1.25. The van der Waals surface area contributed by atoms with Crippen LogP contribution in [-0.4, -0.2) is 41.9 Å². The van der Waals surface area contributed by atoms with Gasteiger partial charge in [-0.3, -0.25) is 9.52 Å². The van der Waals surface area contributed by atoms with Gasteiger partial charge in [0.05, 0.1) is 21.3 Å². The van der Waals surface area contributed by atoms with Crippen LogP contribution in [0.1, 0.15) is 29.2 Å². The molecule has 1 amide bonds. The number of carbonyl (C=O) groups excluding carboxylic acids is 1. The highest BCUT2D eigenvalue weighted by Crippen LogP contribution is 2.27. The number of rotatable bonds is 5. The van der Waals surface area contributed by atoms with Crippen LogP contribution in [-0.2, 0) is 10.0 Å². The number of sulfonamides is 1. The summed E-state index contributed by atoms with van der Waals surface area (Å²) in [7, 11) is -3.88. The lowest BCUT2D eigenvalue weighted by molar-refractivity contribution is 0.0694. The van der Waals surface area contributed by atoms with Gasteiger partial charge in [-0.1, -0.05) is 29.3 Å². The second-order valence-corrected chi connectivity index (χ2v) is 9.79. The Morgan fingerprint density at radius 3 is 2.52 bits per heavy atom. The molecule has 10 heteroatoms. The van der Waals surface area contributed by atoms with E-state index in [0.717, 1.165) is 12.8 Å². The smallest absolute Gasteiger partial charge is 0.261 e. The van der Waals surface area contributed by atoms with Gasteiger partial charge in [-0.15, -0.1) is 0 Å². The highest BCUT2D eigenvalue weighted by Gasteiger charge is 2.25. The first-order valence-corrected chi connectivity index (χ1v) is 11.9. The van der Waals surface area contributed by atoms with E-state index in [0.29, 0.717) is 30.4 Å². The minimum absolute atomic E-state index is 0.0137. The van der Waals surface area contributed by atoms with Crippen LogP contribution in [0.5, 0.6) is 0 Å². The summed E-state index contributed by atoms with van der Waals surface area (Å²) >= 11 is 11.8. The molecule has 162 valence electrons. The molecule has 1 fully saturated rings. The Morgan fingerprint density at radius 2 is 1.84 bits per heavy atom. The van der Waals surface area contributed by atoms with Crippen molar-refractivity contribution in [1.82, 2.24) is 14.5 Å². The number of imidazole rings is 1. The van der Waals surface area contributed by atoms with Crippen LogP contribution in [0.3, 0.4) is 0 Å². The summed E-state index contributed by atoms with van der Waals surface area (Å²) < 4.78 is 29.9. The van der Waals surface area contributed by atoms with Gasteiger partial charge in [0.15, 0.2) is 0 Å². The van der Waals surface area contributed by atoms with Crippen molar-refractivity contribution in [2.45, 2.75) is 23.8 Å². The van der Waals surface area contributed by atoms with E-state index in [1.807, 2.05) is 6.20 Å². The molecule has 1 aliphatic heterocycles. The van der Waals surface area contributed by atoms with Crippen LogP contribution in [0.15, 0.2) is 66.1 Å². The Kier molecular flexibility index (Phi) is 6.22. The maximum Gasteiger partial charge on any atom is 0.261 e. The molecule has 2 heterocycles. The van der Waals surface area contributed by atoms with Gasteiger partial charge in [0.25, 0.3) is 15.9 Å². The van der Waals surface area contributed by atoms with Crippen molar-refractivity contribution in [3.63, 3.8) is 0 Å². The maximum absolute atomic E-state index is 13.0. The molecule has 3 aromatic rings. The Labute approximate surface area is 190 Å². The van der Waals surface area contributed by atoms with Crippen molar-refractivity contribution >= 4 is 44.8 Å². The molecule has 0 spiro atoms. The molecule has 2 aromatic carbocycles. The number of amides is 1. The number of halogens is 2. The number of hydrogen-bond donors (Lipinski definition) is 1. The Hall–Kier alpha value is -2.55. The summed E-state index contributed by atoms with van der Waals surface area (Å²) in [5.74, 6) is -0.125. The van der Waals surface area contributed by atoms with Crippen LogP contribution >= 0.6 is 23.2 Å². The quantitative estimate of drug-likeness (QED) is 0.586. The molecule has 0 unspecified atom stereocenters. The largest absolute Gasteiger partial charge is 0.338 e. The molecule has 0 radical (unpaired) electrons. The van der Waals surface area contributed by atoms with E-state index >= 15 is 0 Å². The third kappa shape index (κ3) is 4.87. The van der Waals surface area contributed by atoms with Crippen molar-refractivity contribution < 1.29 is 13.2 Å². The number of aromatic nitrogens is 2. The maximum atomic E-state index is 13.0. The summed E-state index contributed by atoms with van der Waals surface area (Å²) in [4.78, 5) is 18.8. The Morgan fingerprint density at radius 1 is 1.06 bits per heavy atom. The third-order valence-corrected chi connectivity index (χ3v) is 7.38. The number of benzene rings is 2. The van der Waals surface area contributed by atoms with E-state index in [2.05, 4.69) is 14.3 Å². The second kappa shape index (κ2) is 8.90. The monoisotopic (exact) mass is 478 g/mol. The first-order chi connectivity index (χ1) is 14.8. The van der Waals surface area contributed by atoms with Crippen molar-refractivity contribution in [3.05, 3.63) is 76.8 Å². The van der Waals surface area contributed by atoms with Gasteiger partial charge in [0, 0.05) is 42.8 Å². The summed E-state index contributed by atoms with van der Waals surface area (Å²) in [5.41, 5.74) is 0.723. The van der Waals surface area contributed by atoms with Crippen LogP contribution in [0.25, 0.3) is 0 Å². The number of carbonyl (C=O) groups is 1. The molecule has 0 atom stereocenters. The molecule has 4 rings (SSSR count). The fourth-order valence-corrected chi connectivity index (χ4v) is 5.05. The topological polar surface area (TPSA) is 84.3 Å². The summed E-state index contributed by atoms with van der Waals surface area (Å²) in [5, 5.41) is 0.414. The number of nitrogens with one attached hydrogen (secondary N) is 1. The minimum atomic E-state index is -3.88. The van der Waals surface area contributed by atoms with E-state index in [1.165, 1.54) is 18.2 Å². The van der Waals surface area contributed by atoms with E-state index in [9.17, 15) is 13.2 Å². The van der Waals surface area contributed by atoms with Gasteiger partial charge in [-0.2, -0.15) is 0 Å². The number of nitrogens with zero attached hydrogens (tertiary/aromatic N) is 3. The predicted molar refractivity (Wildman–Crippen MR) is 120 cm³/mol. The van der Waals surface area contributed by atoms with E-state index < -0.39 is 10.0 Å². The van der Waals surface area contributed by atoms with E-state index in [1.54, 1.807) is 41.7 Å². The zero-order valence-corrected chi connectivity index (χ0v) is 18.7. The van der Waals surface area contributed by atoms with Gasteiger partial charge >= 0.3 is 0 Å². The van der Waals surface area contributed by atoms with Crippen LogP contribution in [0.4, 0.5) is 5.69 Å². The van der Waals surface area contributed by atoms with Gasteiger partial charge in [-0.05, 0) is 49.2 Å². The average molecular weight is 479 g/mol. The SMILES string of the molecule is O=C(c1cccc(NS(=O)(=O)c2ccc(Cl)c(Cl)c2)c1)N1CCC(n2ccnc2)CC1. The molecule has 0 bridgehead atoms. The third-order valence-electron chi connectivity index (χ3n) is 5.26. The minimum Gasteiger partial charge on any atom is -0.338 e. The molecule has 0 saturated carbocycles. The fraction of sp³-hybridized carbons (Fsp3) is 0.238. The number of likely N-dealkylation sites (tertiary alicyclic amines) is 1. The van der Waals surface area contributed by atoms with Crippen molar-refractivity contribution in [1.29, 1.82) is 0 Å². The number of hydrogen-bond acceptors (Lipinski definition) is 4. The zero-order chi connectivity index (χ0) is 22.0. The van der Waals surface area contributed by atoms with Gasteiger partial charge in [-0.25, -0.2) is 13.4 Å². The van der Waals surface area contributed by atoms with Crippen LogP contribution in [0, 0.1) is 0 Å². The molecule has 1 N–H and O–H groups in total. The highest BCUT2D eigenvalue weighted by atomic mass is 35.5. The molecule has 1 aliphatic rings. The number of piperidine rings is 1. The Balaban J connectivity index is 1.45. The van der Waals surface area contributed by atoms with Crippen LogP contribution < -0.4 is 4.72 Å². The molecule has 1 saturated heterocycles. The zero-order valence-electron chi connectivity index (χ0n) is 16.4. The first kappa shape index (κ1) is 21.7. The lowest BCUT2D eigenvalue weighted by Gasteiger charge is -2.32. The average Bonchev–Trinajstić information content (AvgIpc) is 3.30. The molecule has 0 aliphatic carbocycles. The fourth-order valence-electron chi connectivity index (χ4n) is 3.61.